The van der Waals surface area contributed by atoms with Crippen molar-refractivity contribution < 1.29 is 9.59 Å². The molecule has 1 aliphatic heterocycles. The number of likely N-dealkylation sites (tertiary alicyclic amines) is 1. The van der Waals surface area contributed by atoms with E-state index in [9.17, 15) is 9.59 Å². The number of ketones is 1. The number of hydrogen-bond donors (Lipinski definition) is 2. The molecule has 2 aromatic heterocycles. The van der Waals surface area contributed by atoms with Gasteiger partial charge < -0.3 is 15.2 Å². The van der Waals surface area contributed by atoms with Gasteiger partial charge in [-0.05, 0) is 31.4 Å². The van der Waals surface area contributed by atoms with Gasteiger partial charge in [-0.25, -0.2) is 4.98 Å². The van der Waals surface area contributed by atoms with Crippen LogP contribution in [0.2, 0.25) is 0 Å². The van der Waals surface area contributed by atoms with Crippen molar-refractivity contribution in [3.8, 4) is 0 Å². The Morgan fingerprint density at radius 1 is 1.38 bits per heavy atom. The molecule has 2 N–H and O–H groups in total. The number of rotatable bonds is 5. The molecule has 2 aliphatic rings. The Kier molecular flexibility index (Phi) is 3.59. The molecule has 0 spiro atoms. The summed E-state index contributed by atoms with van der Waals surface area (Å²) in [6.07, 6.45) is 7.69. The average molecular weight is 324 g/mol. The summed E-state index contributed by atoms with van der Waals surface area (Å²) in [7, 11) is 0. The van der Waals surface area contributed by atoms with Crippen molar-refractivity contribution in [3.05, 3.63) is 36.7 Å². The van der Waals surface area contributed by atoms with E-state index in [0.29, 0.717) is 6.54 Å². The zero-order valence-corrected chi connectivity index (χ0v) is 13.4. The Morgan fingerprint density at radius 2 is 2.21 bits per heavy atom. The maximum atomic E-state index is 12.5. The van der Waals surface area contributed by atoms with Crippen LogP contribution in [0.25, 0.3) is 11.0 Å². The predicted octanol–water partition coefficient (Wildman–Crippen LogP) is 2.35. The molecule has 1 aliphatic carbocycles. The molecule has 0 unspecified atom stereocenters. The van der Waals surface area contributed by atoms with Crippen LogP contribution in [0, 0.1) is 5.92 Å². The quantitative estimate of drug-likeness (QED) is 0.654. The zero-order chi connectivity index (χ0) is 16.7. The molecular formula is C18H20N4O2. The molecule has 6 nitrogen and oxygen atoms in total. The van der Waals surface area contributed by atoms with E-state index >= 15 is 0 Å². The highest BCUT2D eigenvalue weighted by molar-refractivity contribution is 6.12. The number of H-pyrrole nitrogens is 1. The van der Waals surface area contributed by atoms with Crippen LogP contribution in [0.5, 0.6) is 0 Å². The molecule has 1 saturated carbocycles. The zero-order valence-electron chi connectivity index (χ0n) is 13.4. The number of aromatic amines is 1. The minimum Gasteiger partial charge on any atom is -0.380 e. The fourth-order valence-electron chi connectivity index (χ4n) is 3.36. The van der Waals surface area contributed by atoms with Crippen molar-refractivity contribution in [3.63, 3.8) is 0 Å². The lowest BCUT2D eigenvalue weighted by molar-refractivity contribution is -0.125. The van der Waals surface area contributed by atoms with E-state index in [-0.39, 0.29) is 23.7 Å². The first-order chi connectivity index (χ1) is 11.7. The van der Waals surface area contributed by atoms with E-state index in [4.69, 9.17) is 0 Å². The average Bonchev–Trinajstić information content (AvgIpc) is 3.19. The summed E-state index contributed by atoms with van der Waals surface area (Å²) in [6, 6.07) is 2.07. The maximum absolute atomic E-state index is 12.5. The third-order valence-electron chi connectivity index (χ3n) is 4.82. The van der Waals surface area contributed by atoms with Gasteiger partial charge in [-0.2, -0.15) is 0 Å². The highest BCUT2D eigenvalue weighted by atomic mass is 16.2. The van der Waals surface area contributed by atoms with Crippen LogP contribution in [0.4, 0.5) is 5.69 Å². The largest absolute Gasteiger partial charge is 0.380 e. The number of nitrogens with zero attached hydrogens (tertiary/aromatic N) is 2. The molecule has 0 aromatic carbocycles. The van der Waals surface area contributed by atoms with E-state index in [0.717, 1.165) is 48.1 Å². The molecule has 0 radical (unpaired) electrons. The number of aromatic nitrogens is 2. The lowest BCUT2D eigenvalue weighted by Gasteiger charge is -2.17. The van der Waals surface area contributed by atoms with Gasteiger partial charge in [-0.15, -0.1) is 0 Å². The Hall–Kier alpha value is -2.63. The van der Waals surface area contributed by atoms with Crippen LogP contribution in [-0.4, -0.2) is 45.7 Å². The van der Waals surface area contributed by atoms with E-state index in [1.807, 2.05) is 6.07 Å². The summed E-state index contributed by atoms with van der Waals surface area (Å²) < 4.78 is 0. The lowest BCUT2D eigenvalue weighted by Crippen LogP contribution is -2.30. The van der Waals surface area contributed by atoms with Crippen molar-refractivity contribution in [1.82, 2.24) is 14.9 Å². The Labute approximate surface area is 139 Å². The highest BCUT2D eigenvalue weighted by Crippen LogP contribution is 2.36. The molecule has 2 fully saturated rings. The van der Waals surface area contributed by atoms with Gasteiger partial charge >= 0.3 is 0 Å². The minimum atomic E-state index is -0.0366. The second kappa shape index (κ2) is 5.78. The number of fused-ring (bicyclic) bond motifs is 1. The van der Waals surface area contributed by atoms with Gasteiger partial charge in [-0.1, -0.05) is 6.58 Å². The summed E-state index contributed by atoms with van der Waals surface area (Å²) in [5.74, 6) is 0.335. The number of amides is 1. The Bertz CT molecular complexity index is 822. The van der Waals surface area contributed by atoms with E-state index < -0.39 is 0 Å². The van der Waals surface area contributed by atoms with Gasteiger partial charge in [-0.3, -0.25) is 9.59 Å². The normalized spacial score (nSPS) is 20.3. The molecule has 1 atom stereocenters. The second-order valence-corrected chi connectivity index (χ2v) is 6.54. The monoisotopic (exact) mass is 324 g/mol. The first kappa shape index (κ1) is 14.9. The van der Waals surface area contributed by atoms with Crippen LogP contribution in [-0.2, 0) is 4.79 Å². The van der Waals surface area contributed by atoms with Gasteiger partial charge in [0.25, 0.3) is 0 Å². The third-order valence-corrected chi connectivity index (χ3v) is 4.82. The molecule has 1 saturated heterocycles. The summed E-state index contributed by atoms with van der Waals surface area (Å²) in [4.78, 5) is 33.5. The molecule has 6 heteroatoms. The summed E-state index contributed by atoms with van der Waals surface area (Å²) in [5, 5.41) is 4.36. The smallest absolute Gasteiger partial charge is 0.246 e. The third kappa shape index (κ3) is 2.58. The lowest BCUT2D eigenvalue weighted by atomic mass is 10.1. The second-order valence-electron chi connectivity index (χ2n) is 6.54. The van der Waals surface area contributed by atoms with Crippen LogP contribution in [0.3, 0.4) is 0 Å². The van der Waals surface area contributed by atoms with Crippen molar-refractivity contribution in [2.24, 2.45) is 5.92 Å². The van der Waals surface area contributed by atoms with Crippen LogP contribution in [0.15, 0.2) is 31.1 Å². The predicted molar refractivity (Wildman–Crippen MR) is 92.0 cm³/mol. The molecule has 3 heterocycles. The van der Waals surface area contributed by atoms with Crippen molar-refractivity contribution in [2.75, 3.05) is 18.4 Å². The Morgan fingerprint density at radius 3 is 2.96 bits per heavy atom. The fourth-order valence-corrected chi connectivity index (χ4v) is 3.36. The molecule has 4 rings (SSSR count). The minimum absolute atomic E-state index is 0.0366. The number of anilines is 1. The number of Topliss-reactive ketones (excluding diaryl/α,β-unsaturated/α-hetero) is 1. The fraction of sp³-hybridized carbons (Fsp3) is 0.389. The first-order valence-corrected chi connectivity index (χ1v) is 8.35. The molecular weight excluding hydrogens is 304 g/mol. The standard InChI is InChI=1S/C18H20N4O2/c1-2-15(23)22-8-6-12(10-22)21-14-5-7-19-18-16(14)13(9-20-18)17(24)11-3-4-11/h2,5,7,9,11-12H,1,3-4,6,8,10H2,(H2,19,20,21)/t12-/m1/s1. The van der Waals surface area contributed by atoms with Gasteiger partial charge in [0.2, 0.25) is 5.91 Å². The summed E-state index contributed by atoms with van der Waals surface area (Å²) in [6.45, 7) is 4.90. The molecule has 0 bridgehead atoms. The first-order valence-electron chi connectivity index (χ1n) is 8.35. The van der Waals surface area contributed by atoms with Gasteiger partial charge in [0.15, 0.2) is 5.78 Å². The van der Waals surface area contributed by atoms with Crippen molar-refractivity contribution >= 4 is 28.4 Å². The number of pyridine rings is 1. The highest BCUT2D eigenvalue weighted by Gasteiger charge is 2.33. The summed E-state index contributed by atoms with van der Waals surface area (Å²) >= 11 is 0. The SMILES string of the molecule is C=CC(=O)N1CC[C@@H](Nc2ccnc3[nH]cc(C(=O)C4CC4)c23)C1. The topological polar surface area (TPSA) is 78.1 Å². The number of nitrogens with one attached hydrogen (secondary N) is 2. The molecule has 1 amide bonds. The van der Waals surface area contributed by atoms with Crippen LogP contribution in [0.1, 0.15) is 29.6 Å². The van der Waals surface area contributed by atoms with Crippen molar-refractivity contribution in [2.45, 2.75) is 25.3 Å². The molecule has 24 heavy (non-hydrogen) atoms. The van der Waals surface area contributed by atoms with E-state index in [1.165, 1.54) is 6.08 Å². The van der Waals surface area contributed by atoms with Crippen LogP contribution >= 0.6 is 0 Å². The molecule has 2 aromatic rings. The van der Waals surface area contributed by atoms with E-state index in [1.54, 1.807) is 17.3 Å². The van der Waals surface area contributed by atoms with Gasteiger partial charge in [0.1, 0.15) is 5.65 Å². The Balaban J connectivity index is 1.60. The van der Waals surface area contributed by atoms with Gasteiger partial charge in [0.05, 0.1) is 5.39 Å². The maximum Gasteiger partial charge on any atom is 0.246 e. The van der Waals surface area contributed by atoms with Crippen LogP contribution < -0.4 is 5.32 Å². The summed E-state index contributed by atoms with van der Waals surface area (Å²) in [5.41, 5.74) is 2.35. The number of carbonyl (C=O) groups is 2. The van der Waals surface area contributed by atoms with Gasteiger partial charge in [0, 0.05) is 48.7 Å². The molecule has 124 valence electrons. The number of carbonyl (C=O) groups excluding carboxylic acids is 2. The number of hydrogen-bond acceptors (Lipinski definition) is 4. The van der Waals surface area contributed by atoms with Crippen molar-refractivity contribution in [1.29, 1.82) is 0 Å². The van der Waals surface area contributed by atoms with E-state index in [2.05, 4.69) is 21.9 Å².